The minimum atomic E-state index is 0.940. The van der Waals surface area contributed by atoms with Gasteiger partial charge in [0.1, 0.15) is 11.2 Å². The second-order valence-electron chi connectivity index (χ2n) is 6.29. The van der Waals surface area contributed by atoms with Gasteiger partial charge in [0, 0.05) is 32.4 Å². The normalized spacial score (nSPS) is 12.2. The van der Waals surface area contributed by atoms with Crippen molar-refractivity contribution in [1.82, 2.24) is 4.98 Å². The lowest BCUT2D eigenvalue weighted by atomic mass is 10.0. The Hall–Kier alpha value is -3.26. The summed E-state index contributed by atoms with van der Waals surface area (Å²) >= 11 is 0. The van der Waals surface area contributed by atoms with E-state index in [4.69, 9.17) is 4.42 Å². The third kappa shape index (κ3) is 1.41. The molecule has 1 N–H and O–H groups in total. The molecule has 2 nitrogen and oxygen atoms in total. The Labute approximate surface area is 137 Å². The Bertz CT molecular complexity index is 1400. The van der Waals surface area contributed by atoms with Crippen molar-refractivity contribution in [3.8, 4) is 0 Å². The van der Waals surface area contributed by atoms with Gasteiger partial charge in [0.05, 0.1) is 5.52 Å². The quantitative estimate of drug-likeness (QED) is 0.347. The molecule has 0 radical (unpaired) electrons. The molecule has 0 unspecified atom stereocenters. The first-order valence-corrected chi connectivity index (χ1v) is 8.13. The van der Waals surface area contributed by atoms with Crippen molar-refractivity contribution in [2.45, 2.75) is 0 Å². The molecule has 6 aromatic rings. The second kappa shape index (κ2) is 4.18. The average molecular weight is 307 g/mol. The predicted octanol–water partition coefficient (Wildman–Crippen LogP) is 6.37. The zero-order valence-corrected chi connectivity index (χ0v) is 12.8. The maximum atomic E-state index is 6.05. The highest BCUT2D eigenvalue weighted by Crippen LogP contribution is 2.39. The third-order valence-electron chi connectivity index (χ3n) is 5.00. The number of aromatic nitrogens is 1. The van der Waals surface area contributed by atoms with Gasteiger partial charge in [0.15, 0.2) is 0 Å². The summed E-state index contributed by atoms with van der Waals surface area (Å²) in [6.07, 6.45) is 0. The van der Waals surface area contributed by atoms with Crippen LogP contribution >= 0.6 is 0 Å². The minimum absolute atomic E-state index is 0.940. The van der Waals surface area contributed by atoms with Crippen LogP contribution in [0.15, 0.2) is 77.2 Å². The molecule has 0 aliphatic rings. The van der Waals surface area contributed by atoms with E-state index in [1.54, 1.807) is 0 Å². The van der Waals surface area contributed by atoms with Crippen LogP contribution in [-0.4, -0.2) is 4.98 Å². The highest BCUT2D eigenvalue weighted by atomic mass is 16.3. The molecular weight excluding hydrogens is 294 g/mol. The molecule has 6 rings (SSSR count). The first-order chi connectivity index (χ1) is 11.9. The molecule has 2 aromatic heterocycles. The summed E-state index contributed by atoms with van der Waals surface area (Å²) in [5.74, 6) is 0. The van der Waals surface area contributed by atoms with Crippen molar-refractivity contribution in [2.75, 3.05) is 0 Å². The van der Waals surface area contributed by atoms with Crippen LogP contribution in [0.4, 0.5) is 0 Å². The van der Waals surface area contributed by atoms with Gasteiger partial charge in [-0.3, -0.25) is 0 Å². The van der Waals surface area contributed by atoms with Crippen molar-refractivity contribution in [2.24, 2.45) is 0 Å². The molecule has 0 aliphatic heterocycles. The zero-order chi connectivity index (χ0) is 15.7. The maximum absolute atomic E-state index is 6.05. The number of H-pyrrole nitrogens is 1. The van der Waals surface area contributed by atoms with Gasteiger partial charge in [-0.25, -0.2) is 0 Å². The number of furan rings is 1. The molecule has 0 bridgehead atoms. The van der Waals surface area contributed by atoms with E-state index < -0.39 is 0 Å². The Morgan fingerprint density at radius 2 is 1.42 bits per heavy atom. The number of nitrogens with one attached hydrogen (secondary N) is 1. The van der Waals surface area contributed by atoms with Crippen molar-refractivity contribution in [3.05, 3.63) is 72.8 Å². The van der Waals surface area contributed by atoms with E-state index in [1.165, 1.54) is 37.8 Å². The fourth-order valence-corrected chi connectivity index (χ4v) is 3.95. The highest BCUT2D eigenvalue weighted by molar-refractivity contribution is 6.29. The summed E-state index contributed by atoms with van der Waals surface area (Å²) < 4.78 is 6.05. The van der Waals surface area contributed by atoms with Gasteiger partial charge >= 0.3 is 0 Å². The lowest BCUT2D eigenvalue weighted by Gasteiger charge is -1.99. The molecular formula is C22H13NO. The van der Waals surface area contributed by atoms with Crippen LogP contribution in [0.5, 0.6) is 0 Å². The number of para-hydroxylation sites is 1. The van der Waals surface area contributed by atoms with E-state index in [9.17, 15) is 0 Å². The molecule has 24 heavy (non-hydrogen) atoms. The lowest BCUT2D eigenvalue weighted by molar-refractivity contribution is 0.669. The Kier molecular flexibility index (Phi) is 2.12. The number of benzene rings is 4. The van der Waals surface area contributed by atoms with E-state index in [2.05, 4.69) is 65.6 Å². The molecule has 2 heteroatoms. The van der Waals surface area contributed by atoms with Gasteiger partial charge in [-0.05, 0) is 23.6 Å². The summed E-state index contributed by atoms with van der Waals surface area (Å²) in [4.78, 5) is 3.63. The molecule has 2 heterocycles. The molecule has 0 saturated heterocycles. The SMILES string of the molecule is c1ccc2c(c1)ccc1c2[nH]c2ccc3oc4ccccc4c3c21. The van der Waals surface area contributed by atoms with Crippen LogP contribution in [0.25, 0.3) is 54.5 Å². The molecule has 0 amide bonds. The first kappa shape index (κ1) is 12.2. The molecule has 4 aromatic carbocycles. The fourth-order valence-electron chi connectivity index (χ4n) is 3.95. The predicted molar refractivity (Wildman–Crippen MR) is 101 cm³/mol. The van der Waals surface area contributed by atoms with Crippen LogP contribution in [0.1, 0.15) is 0 Å². The van der Waals surface area contributed by atoms with E-state index in [-0.39, 0.29) is 0 Å². The largest absolute Gasteiger partial charge is 0.456 e. The number of fused-ring (bicyclic) bond motifs is 9. The fraction of sp³-hybridized carbons (Fsp3) is 0. The summed E-state index contributed by atoms with van der Waals surface area (Å²) in [6.45, 7) is 0. The Morgan fingerprint density at radius 3 is 2.38 bits per heavy atom. The van der Waals surface area contributed by atoms with Crippen LogP contribution < -0.4 is 0 Å². The topological polar surface area (TPSA) is 28.9 Å². The number of rotatable bonds is 0. The zero-order valence-electron chi connectivity index (χ0n) is 12.8. The summed E-state index contributed by atoms with van der Waals surface area (Å²) in [6, 6.07) is 25.4. The smallest absolute Gasteiger partial charge is 0.136 e. The standard InChI is InChI=1S/C22H13NO/c1-2-6-14-13(5-1)9-10-16-20-17(23-22(14)16)11-12-19-21(20)15-7-3-4-8-18(15)24-19/h1-12,23H. The minimum Gasteiger partial charge on any atom is -0.456 e. The van der Waals surface area contributed by atoms with Gasteiger partial charge in [-0.1, -0.05) is 54.6 Å². The molecule has 112 valence electrons. The maximum Gasteiger partial charge on any atom is 0.136 e. The van der Waals surface area contributed by atoms with Gasteiger partial charge in [-0.2, -0.15) is 0 Å². The van der Waals surface area contributed by atoms with Gasteiger partial charge in [-0.15, -0.1) is 0 Å². The van der Waals surface area contributed by atoms with Gasteiger partial charge in [0.25, 0.3) is 0 Å². The Balaban J connectivity index is 1.95. The summed E-state index contributed by atoms with van der Waals surface area (Å²) in [5, 5.41) is 7.38. The van der Waals surface area contributed by atoms with Crippen LogP contribution in [-0.2, 0) is 0 Å². The monoisotopic (exact) mass is 307 g/mol. The van der Waals surface area contributed by atoms with Gasteiger partial charge in [0.2, 0.25) is 0 Å². The van der Waals surface area contributed by atoms with Gasteiger partial charge < -0.3 is 9.40 Å². The number of hydrogen-bond acceptors (Lipinski definition) is 1. The molecule has 0 aliphatic carbocycles. The average Bonchev–Trinajstić information content (AvgIpc) is 3.19. The van der Waals surface area contributed by atoms with Crippen molar-refractivity contribution >= 4 is 54.5 Å². The van der Waals surface area contributed by atoms with E-state index in [0.717, 1.165) is 16.7 Å². The number of aromatic amines is 1. The summed E-state index contributed by atoms with van der Waals surface area (Å²) in [5.41, 5.74) is 4.23. The van der Waals surface area contributed by atoms with E-state index in [1.807, 2.05) is 12.1 Å². The first-order valence-electron chi connectivity index (χ1n) is 8.13. The lowest BCUT2D eigenvalue weighted by Crippen LogP contribution is -1.74. The second-order valence-corrected chi connectivity index (χ2v) is 6.29. The Morgan fingerprint density at radius 1 is 0.583 bits per heavy atom. The third-order valence-corrected chi connectivity index (χ3v) is 5.00. The van der Waals surface area contributed by atoms with Crippen LogP contribution in [0.2, 0.25) is 0 Å². The summed E-state index contributed by atoms with van der Waals surface area (Å²) in [7, 11) is 0. The number of hydrogen-bond donors (Lipinski definition) is 1. The molecule has 0 spiro atoms. The highest BCUT2D eigenvalue weighted by Gasteiger charge is 2.15. The van der Waals surface area contributed by atoms with E-state index in [0.29, 0.717) is 0 Å². The van der Waals surface area contributed by atoms with Crippen LogP contribution in [0, 0.1) is 0 Å². The molecule has 0 fully saturated rings. The van der Waals surface area contributed by atoms with Crippen molar-refractivity contribution in [3.63, 3.8) is 0 Å². The molecule has 0 atom stereocenters. The van der Waals surface area contributed by atoms with E-state index >= 15 is 0 Å². The van der Waals surface area contributed by atoms with Crippen LogP contribution in [0.3, 0.4) is 0 Å². The van der Waals surface area contributed by atoms with Crippen molar-refractivity contribution < 1.29 is 4.42 Å². The molecule has 0 saturated carbocycles. The van der Waals surface area contributed by atoms with Crippen molar-refractivity contribution in [1.29, 1.82) is 0 Å².